The van der Waals surface area contributed by atoms with E-state index in [0.717, 1.165) is 52.7 Å². The van der Waals surface area contributed by atoms with Crippen molar-refractivity contribution in [2.24, 2.45) is 5.92 Å². The first-order chi connectivity index (χ1) is 14.1. The summed E-state index contributed by atoms with van der Waals surface area (Å²) in [5.74, 6) is 1.36. The summed E-state index contributed by atoms with van der Waals surface area (Å²) in [6.07, 6.45) is 4.06. The molecule has 1 aliphatic carbocycles. The van der Waals surface area contributed by atoms with Crippen LogP contribution in [0.4, 0.5) is 0 Å². The van der Waals surface area contributed by atoms with Crippen LogP contribution in [0.5, 0.6) is 5.75 Å². The molecule has 148 valence electrons. The Morgan fingerprint density at radius 3 is 2.79 bits per heavy atom. The largest absolute Gasteiger partial charge is 0.487 e. The number of carbonyl (C=O) groups is 1. The number of hydrogen-bond donors (Lipinski definition) is 1. The number of ether oxygens (including phenoxy) is 1. The fraction of sp³-hybridized carbons (Fsp3) is 0.360. The number of benzene rings is 2. The molecule has 4 heteroatoms. The number of pyridine rings is 1. The molecule has 1 atom stereocenters. The molecular weight excluding hydrogens is 360 g/mol. The molecule has 0 spiro atoms. The lowest BCUT2D eigenvalue weighted by molar-refractivity contribution is -0.127. The lowest BCUT2D eigenvalue weighted by Crippen LogP contribution is -2.40. The second kappa shape index (κ2) is 7.18. The highest BCUT2D eigenvalue weighted by atomic mass is 16.5. The molecule has 3 aromatic rings. The van der Waals surface area contributed by atoms with Crippen molar-refractivity contribution in [3.05, 3.63) is 59.3 Å². The topological polar surface area (TPSA) is 51.2 Å². The molecule has 1 aromatic heterocycles. The Morgan fingerprint density at radius 1 is 1.14 bits per heavy atom. The van der Waals surface area contributed by atoms with Gasteiger partial charge >= 0.3 is 0 Å². The third-order valence-electron chi connectivity index (χ3n) is 6.16. The number of nitrogens with one attached hydrogen (secondary N) is 1. The fourth-order valence-corrected chi connectivity index (χ4v) is 4.35. The first-order valence-corrected chi connectivity index (χ1v) is 10.5. The molecule has 2 aromatic carbocycles. The van der Waals surface area contributed by atoms with Crippen molar-refractivity contribution in [1.29, 1.82) is 0 Å². The Balaban J connectivity index is 1.40. The van der Waals surface area contributed by atoms with E-state index < -0.39 is 0 Å². The summed E-state index contributed by atoms with van der Waals surface area (Å²) in [6.45, 7) is 4.71. The van der Waals surface area contributed by atoms with Crippen LogP contribution in [-0.4, -0.2) is 23.5 Å². The summed E-state index contributed by atoms with van der Waals surface area (Å²) >= 11 is 0. The summed E-state index contributed by atoms with van der Waals surface area (Å²) in [6, 6.07) is 15.0. The molecule has 2 heterocycles. The number of hydrogen-bond acceptors (Lipinski definition) is 3. The van der Waals surface area contributed by atoms with Crippen LogP contribution in [0.25, 0.3) is 22.0 Å². The van der Waals surface area contributed by atoms with Crippen LogP contribution in [0, 0.1) is 19.8 Å². The third kappa shape index (κ3) is 3.48. The monoisotopic (exact) mass is 386 g/mol. The lowest BCUT2D eigenvalue weighted by Gasteiger charge is -2.24. The number of rotatable bonds is 4. The third-order valence-corrected chi connectivity index (χ3v) is 6.16. The summed E-state index contributed by atoms with van der Waals surface area (Å²) in [7, 11) is 0. The maximum atomic E-state index is 12.2. The van der Waals surface area contributed by atoms with E-state index in [-0.39, 0.29) is 17.9 Å². The minimum Gasteiger partial charge on any atom is -0.487 e. The molecule has 5 rings (SSSR count). The van der Waals surface area contributed by atoms with Crippen molar-refractivity contribution in [1.82, 2.24) is 10.3 Å². The van der Waals surface area contributed by atoms with Gasteiger partial charge in [0.1, 0.15) is 11.9 Å². The SMILES string of the molecule is Cc1cc2c(c(-c3ccc4nc(C)ccc4c3)c1)O[C@@H](CNC(=O)C1CCC1)C2. The molecule has 1 fully saturated rings. The Morgan fingerprint density at radius 2 is 2.00 bits per heavy atom. The van der Waals surface area contributed by atoms with E-state index in [1.807, 2.05) is 13.0 Å². The van der Waals surface area contributed by atoms with Crippen molar-refractivity contribution in [2.45, 2.75) is 45.6 Å². The molecule has 2 aliphatic rings. The zero-order chi connectivity index (χ0) is 20.0. The van der Waals surface area contributed by atoms with Gasteiger partial charge in [0.2, 0.25) is 5.91 Å². The van der Waals surface area contributed by atoms with Crippen LogP contribution in [0.15, 0.2) is 42.5 Å². The Labute approximate surface area is 171 Å². The van der Waals surface area contributed by atoms with Crippen LogP contribution < -0.4 is 10.1 Å². The number of fused-ring (bicyclic) bond motifs is 2. The second-order valence-corrected chi connectivity index (χ2v) is 8.48. The van der Waals surface area contributed by atoms with Crippen LogP contribution in [0.2, 0.25) is 0 Å². The predicted octanol–water partition coefficient (Wildman–Crippen LogP) is 4.74. The van der Waals surface area contributed by atoms with Gasteiger partial charge in [-0.3, -0.25) is 9.78 Å². The molecule has 29 heavy (non-hydrogen) atoms. The fourth-order valence-electron chi connectivity index (χ4n) is 4.35. The highest BCUT2D eigenvalue weighted by molar-refractivity contribution is 5.86. The molecule has 1 N–H and O–H groups in total. The Hall–Kier alpha value is -2.88. The van der Waals surface area contributed by atoms with Gasteiger partial charge in [-0.05, 0) is 67.6 Å². The van der Waals surface area contributed by atoms with Crippen LogP contribution in [-0.2, 0) is 11.2 Å². The van der Waals surface area contributed by atoms with Crippen molar-refractivity contribution in [3.8, 4) is 16.9 Å². The van der Waals surface area contributed by atoms with Gasteiger partial charge in [0.25, 0.3) is 0 Å². The number of amides is 1. The maximum absolute atomic E-state index is 12.2. The quantitative estimate of drug-likeness (QED) is 0.705. The summed E-state index contributed by atoms with van der Waals surface area (Å²) < 4.78 is 6.33. The molecule has 0 saturated heterocycles. The summed E-state index contributed by atoms with van der Waals surface area (Å²) in [5, 5.41) is 4.22. The smallest absolute Gasteiger partial charge is 0.223 e. The molecular formula is C25H26N2O2. The zero-order valence-corrected chi connectivity index (χ0v) is 17.0. The van der Waals surface area contributed by atoms with Crippen molar-refractivity contribution < 1.29 is 9.53 Å². The van der Waals surface area contributed by atoms with Gasteiger partial charge in [-0.2, -0.15) is 0 Å². The normalized spacial score (nSPS) is 18.2. The molecule has 1 saturated carbocycles. The van der Waals surface area contributed by atoms with Gasteiger partial charge < -0.3 is 10.1 Å². The minimum atomic E-state index is -0.000603. The molecule has 0 bridgehead atoms. The first-order valence-electron chi connectivity index (χ1n) is 10.5. The zero-order valence-electron chi connectivity index (χ0n) is 17.0. The maximum Gasteiger partial charge on any atom is 0.223 e. The van der Waals surface area contributed by atoms with Crippen LogP contribution >= 0.6 is 0 Å². The summed E-state index contributed by atoms with van der Waals surface area (Å²) in [4.78, 5) is 16.8. The highest BCUT2D eigenvalue weighted by Gasteiger charge is 2.29. The van der Waals surface area contributed by atoms with Gasteiger partial charge in [0, 0.05) is 29.0 Å². The van der Waals surface area contributed by atoms with Crippen molar-refractivity contribution in [3.63, 3.8) is 0 Å². The van der Waals surface area contributed by atoms with Gasteiger partial charge in [0.05, 0.1) is 12.1 Å². The Kier molecular flexibility index (Phi) is 4.50. The number of nitrogens with zero attached hydrogens (tertiary/aromatic N) is 1. The van der Waals surface area contributed by atoms with Crippen molar-refractivity contribution >= 4 is 16.8 Å². The van der Waals surface area contributed by atoms with Crippen LogP contribution in [0.3, 0.4) is 0 Å². The number of carbonyl (C=O) groups excluding carboxylic acids is 1. The average molecular weight is 386 g/mol. The number of aromatic nitrogens is 1. The average Bonchev–Trinajstić information content (AvgIpc) is 3.06. The van der Waals surface area contributed by atoms with E-state index in [9.17, 15) is 4.79 Å². The lowest BCUT2D eigenvalue weighted by atomic mass is 9.85. The van der Waals surface area contributed by atoms with Gasteiger partial charge in [-0.25, -0.2) is 0 Å². The molecule has 4 nitrogen and oxygen atoms in total. The predicted molar refractivity (Wildman–Crippen MR) is 115 cm³/mol. The van der Waals surface area contributed by atoms with Crippen LogP contribution in [0.1, 0.15) is 36.1 Å². The van der Waals surface area contributed by atoms with E-state index in [1.165, 1.54) is 17.5 Å². The molecule has 1 amide bonds. The van der Waals surface area contributed by atoms with Gasteiger partial charge in [-0.15, -0.1) is 0 Å². The van der Waals surface area contributed by atoms with Gasteiger partial charge in [0.15, 0.2) is 0 Å². The summed E-state index contributed by atoms with van der Waals surface area (Å²) in [5.41, 5.74) is 6.75. The van der Waals surface area contributed by atoms with Crippen molar-refractivity contribution in [2.75, 3.05) is 6.54 Å². The number of aryl methyl sites for hydroxylation is 2. The first kappa shape index (κ1) is 18.2. The second-order valence-electron chi connectivity index (χ2n) is 8.48. The molecule has 1 aliphatic heterocycles. The highest BCUT2D eigenvalue weighted by Crippen LogP contribution is 2.40. The van der Waals surface area contributed by atoms with E-state index in [1.54, 1.807) is 0 Å². The molecule has 0 unspecified atom stereocenters. The Bertz CT molecular complexity index is 1100. The van der Waals surface area contributed by atoms with E-state index in [2.05, 4.69) is 53.6 Å². The standard InChI is InChI=1S/C25H26N2O2/c1-15-10-20-13-21(14-26-25(28)17-4-3-5-17)29-24(20)22(11-15)18-8-9-23-19(12-18)7-6-16(2)27-23/h6-12,17,21H,3-5,13-14H2,1-2H3,(H,26,28)/t21-/m1/s1. The minimum absolute atomic E-state index is 0.000603. The van der Waals surface area contributed by atoms with E-state index in [0.29, 0.717) is 6.54 Å². The molecule has 0 radical (unpaired) electrons. The van der Waals surface area contributed by atoms with E-state index >= 15 is 0 Å². The van der Waals surface area contributed by atoms with E-state index in [4.69, 9.17) is 4.74 Å². The van der Waals surface area contributed by atoms with Gasteiger partial charge in [-0.1, -0.05) is 24.6 Å².